The van der Waals surface area contributed by atoms with Crippen molar-refractivity contribution >= 4 is 11.8 Å². The van der Waals surface area contributed by atoms with Crippen LogP contribution in [-0.4, -0.2) is 29.1 Å². The van der Waals surface area contributed by atoms with Crippen LogP contribution in [0.25, 0.3) is 0 Å². The number of nitrogens with zero attached hydrogens (tertiary/aromatic N) is 2. The quantitative estimate of drug-likeness (QED) is 0.797. The van der Waals surface area contributed by atoms with Gasteiger partial charge in [-0.1, -0.05) is 0 Å². The lowest BCUT2D eigenvalue weighted by molar-refractivity contribution is -0.136. The molecule has 1 aromatic heterocycles. The number of hydrogen-bond donors (Lipinski definition) is 1. The monoisotopic (exact) mass is 208 g/mol. The van der Waals surface area contributed by atoms with Gasteiger partial charge in [-0.2, -0.15) is 0 Å². The Hall–Kier alpha value is -1.58. The third-order valence-electron chi connectivity index (χ3n) is 2.25. The first-order valence-corrected chi connectivity index (χ1v) is 5.09. The van der Waals surface area contributed by atoms with Gasteiger partial charge in [0.15, 0.2) is 0 Å². The van der Waals surface area contributed by atoms with Crippen molar-refractivity contribution in [3.8, 4) is 0 Å². The molecule has 0 aliphatic heterocycles. The number of rotatable bonds is 5. The Bertz CT molecular complexity index is 335. The van der Waals surface area contributed by atoms with Gasteiger partial charge >= 0.3 is 5.97 Å². The second-order valence-electron chi connectivity index (χ2n) is 3.27. The van der Waals surface area contributed by atoms with Crippen molar-refractivity contribution in [2.45, 2.75) is 20.3 Å². The van der Waals surface area contributed by atoms with Crippen LogP contribution in [0.5, 0.6) is 0 Å². The van der Waals surface area contributed by atoms with Crippen LogP contribution in [0.3, 0.4) is 0 Å². The van der Waals surface area contributed by atoms with Crippen molar-refractivity contribution < 1.29 is 9.90 Å². The lowest BCUT2D eigenvalue weighted by atomic mass is 10.2. The molecule has 4 heteroatoms. The van der Waals surface area contributed by atoms with E-state index in [4.69, 9.17) is 5.11 Å². The summed E-state index contributed by atoms with van der Waals surface area (Å²) in [6.07, 6.45) is 1.71. The lowest BCUT2D eigenvalue weighted by Gasteiger charge is -2.19. The van der Waals surface area contributed by atoms with Gasteiger partial charge in [0.05, 0.1) is 6.42 Å². The molecule has 15 heavy (non-hydrogen) atoms. The molecule has 1 aromatic rings. The largest absolute Gasteiger partial charge is 0.481 e. The van der Waals surface area contributed by atoms with E-state index in [-0.39, 0.29) is 6.42 Å². The number of anilines is 1. The molecule has 0 bridgehead atoms. The summed E-state index contributed by atoms with van der Waals surface area (Å²) in [5.41, 5.74) is 0.791. The first-order chi connectivity index (χ1) is 7.17. The summed E-state index contributed by atoms with van der Waals surface area (Å²) in [6, 6.07) is 3.57. The van der Waals surface area contributed by atoms with Crippen molar-refractivity contribution in [2.24, 2.45) is 0 Å². The molecular formula is C11H16N2O2. The van der Waals surface area contributed by atoms with E-state index in [1.54, 1.807) is 12.3 Å². The molecule has 0 spiro atoms. The normalized spacial score (nSPS) is 10.0. The van der Waals surface area contributed by atoms with Crippen LogP contribution in [0.4, 0.5) is 5.82 Å². The highest BCUT2D eigenvalue weighted by molar-refractivity contribution is 5.70. The minimum absolute atomic E-state index is 0.0524. The second-order valence-corrected chi connectivity index (χ2v) is 3.27. The summed E-state index contributed by atoms with van der Waals surface area (Å²) in [5, 5.41) is 8.68. The Labute approximate surface area is 89.6 Å². The van der Waals surface area contributed by atoms with E-state index in [0.717, 1.165) is 24.5 Å². The Balaban J connectivity index is 2.86. The number of carbonyl (C=O) groups is 1. The highest BCUT2D eigenvalue weighted by atomic mass is 16.4. The predicted octanol–water partition coefficient (Wildman–Crippen LogP) is 1.55. The molecule has 1 heterocycles. The summed E-state index contributed by atoms with van der Waals surface area (Å²) >= 11 is 0. The molecule has 82 valence electrons. The summed E-state index contributed by atoms with van der Waals surface area (Å²) in [4.78, 5) is 16.9. The zero-order valence-electron chi connectivity index (χ0n) is 9.10. The minimum Gasteiger partial charge on any atom is -0.481 e. The number of pyridine rings is 1. The Morgan fingerprint density at radius 1 is 1.47 bits per heavy atom. The zero-order valence-corrected chi connectivity index (χ0v) is 9.10. The van der Waals surface area contributed by atoms with Crippen LogP contribution in [-0.2, 0) is 11.2 Å². The number of aromatic nitrogens is 1. The van der Waals surface area contributed by atoms with E-state index >= 15 is 0 Å². The van der Waals surface area contributed by atoms with Gasteiger partial charge in [0.2, 0.25) is 0 Å². The fraction of sp³-hybridized carbons (Fsp3) is 0.455. The number of carboxylic acids is 1. The van der Waals surface area contributed by atoms with Gasteiger partial charge in [0.1, 0.15) is 5.82 Å². The van der Waals surface area contributed by atoms with E-state index in [2.05, 4.69) is 23.7 Å². The number of carboxylic acid groups (broad SMARTS) is 1. The molecule has 0 unspecified atom stereocenters. The second kappa shape index (κ2) is 5.34. The maximum atomic E-state index is 10.6. The van der Waals surface area contributed by atoms with Crippen molar-refractivity contribution in [1.29, 1.82) is 0 Å². The summed E-state index contributed by atoms with van der Waals surface area (Å²) < 4.78 is 0. The Morgan fingerprint density at radius 3 is 2.67 bits per heavy atom. The highest BCUT2D eigenvalue weighted by Crippen LogP contribution is 2.12. The lowest BCUT2D eigenvalue weighted by Crippen LogP contribution is -2.23. The average Bonchev–Trinajstić information content (AvgIpc) is 2.19. The third-order valence-corrected chi connectivity index (χ3v) is 2.25. The van der Waals surface area contributed by atoms with Crippen LogP contribution >= 0.6 is 0 Å². The predicted molar refractivity (Wildman–Crippen MR) is 59.1 cm³/mol. The van der Waals surface area contributed by atoms with E-state index < -0.39 is 5.97 Å². The molecule has 1 N–H and O–H groups in total. The molecule has 0 radical (unpaired) electrons. The fourth-order valence-corrected chi connectivity index (χ4v) is 1.47. The van der Waals surface area contributed by atoms with Crippen LogP contribution in [0, 0.1) is 0 Å². The first kappa shape index (κ1) is 11.5. The molecule has 0 atom stereocenters. The van der Waals surface area contributed by atoms with Crippen LogP contribution in [0.2, 0.25) is 0 Å². The standard InChI is InChI=1S/C11H16N2O2/c1-3-13(4-2)10-7-9(5-6-12-10)8-11(14)15/h5-7H,3-4,8H2,1-2H3,(H,14,15). The van der Waals surface area contributed by atoms with E-state index in [9.17, 15) is 4.79 Å². The van der Waals surface area contributed by atoms with Crippen LogP contribution < -0.4 is 4.90 Å². The van der Waals surface area contributed by atoms with Gasteiger partial charge in [0.25, 0.3) is 0 Å². The van der Waals surface area contributed by atoms with Crippen molar-refractivity contribution in [3.05, 3.63) is 23.9 Å². The summed E-state index contributed by atoms with van der Waals surface area (Å²) in [6.45, 7) is 5.85. The summed E-state index contributed by atoms with van der Waals surface area (Å²) in [5.74, 6) is 0.0328. The molecule has 0 saturated heterocycles. The van der Waals surface area contributed by atoms with Crippen molar-refractivity contribution in [3.63, 3.8) is 0 Å². The molecule has 0 amide bonds. The average molecular weight is 208 g/mol. The topological polar surface area (TPSA) is 53.4 Å². The molecule has 4 nitrogen and oxygen atoms in total. The Kier molecular flexibility index (Phi) is 4.09. The van der Waals surface area contributed by atoms with E-state index in [1.165, 1.54) is 0 Å². The molecule has 0 aromatic carbocycles. The first-order valence-electron chi connectivity index (χ1n) is 5.09. The molecule has 0 fully saturated rings. The molecule has 0 saturated carbocycles. The molecule has 0 aliphatic rings. The smallest absolute Gasteiger partial charge is 0.307 e. The zero-order chi connectivity index (χ0) is 11.3. The highest BCUT2D eigenvalue weighted by Gasteiger charge is 2.06. The maximum absolute atomic E-state index is 10.6. The van der Waals surface area contributed by atoms with E-state index in [1.807, 2.05) is 6.07 Å². The van der Waals surface area contributed by atoms with E-state index in [0.29, 0.717) is 0 Å². The van der Waals surface area contributed by atoms with Crippen molar-refractivity contribution in [1.82, 2.24) is 4.98 Å². The molecule has 1 rings (SSSR count). The maximum Gasteiger partial charge on any atom is 0.307 e. The van der Waals surface area contributed by atoms with Gasteiger partial charge in [-0.25, -0.2) is 4.98 Å². The van der Waals surface area contributed by atoms with Gasteiger partial charge < -0.3 is 10.0 Å². The van der Waals surface area contributed by atoms with Crippen molar-refractivity contribution in [2.75, 3.05) is 18.0 Å². The van der Waals surface area contributed by atoms with Gasteiger partial charge in [0, 0.05) is 19.3 Å². The Morgan fingerprint density at radius 2 is 2.13 bits per heavy atom. The summed E-state index contributed by atoms with van der Waals surface area (Å²) in [7, 11) is 0. The van der Waals surface area contributed by atoms with Gasteiger partial charge in [-0.15, -0.1) is 0 Å². The molecule has 0 aliphatic carbocycles. The van der Waals surface area contributed by atoms with Gasteiger partial charge in [-0.05, 0) is 31.5 Å². The van der Waals surface area contributed by atoms with Gasteiger partial charge in [-0.3, -0.25) is 4.79 Å². The number of aliphatic carboxylic acids is 1. The number of hydrogen-bond acceptors (Lipinski definition) is 3. The molecular weight excluding hydrogens is 192 g/mol. The van der Waals surface area contributed by atoms with Crippen LogP contribution in [0.15, 0.2) is 18.3 Å². The van der Waals surface area contributed by atoms with Crippen LogP contribution in [0.1, 0.15) is 19.4 Å². The fourth-order valence-electron chi connectivity index (χ4n) is 1.47. The minimum atomic E-state index is -0.813. The SMILES string of the molecule is CCN(CC)c1cc(CC(=O)O)ccn1. The third kappa shape index (κ3) is 3.23.